The topological polar surface area (TPSA) is 12.9 Å². The molecule has 0 fully saturated rings. The first kappa shape index (κ1) is 19.0. The highest BCUT2D eigenvalue weighted by atomic mass is 32.1. The minimum Gasteiger partial charge on any atom is -0.263 e. The van der Waals surface area contributed by atoms with E-state index in [1.165, 1.54) is 75.5 Å². The Kier molecular flexibility index (Phi) is 3.42. The summed E-state index contributed by atoms with van der Waals surface area (Å²) in [4.78, 5) is 4.41. The molecule has 2 aromatic heterocycles. The van der Waals surface area contributed by atoms with Gasteiger partial charge in [-0.3, -0.25) is 4.98 Å². The summed E-state index contributed by atoms with van der Waals surface area (Å²) in [5.41, 5.74) is 10.6. The molecule has 2 heteroatoms. The molecule has 2 aliphatic carbocycles. The second-order valence-electron chi connectivity index (χ2n) is 9.89. The van der Waals surface area contributed by atoms with Crippen LogP contribution < -0.4 is 0 Å². The van der Waals surface area contributed by atoms with Crippen molar-refractivity contribution in [2.75, 3.05) is 0 Å². The van der Waals surface area contributed by atoms with E-state index in [4.69, 9.17) is 0 Å². The summed E-state index contributed by atoms with van der Waals surface area (Å²) in [7, 11) is 0. The van der Waals surface area contributed by atoms with Crippen LogP contribution in [0.2, 0.25) is 0 Å². The zero-order valence-corrected chi connectivity index (χ0v) is 20.1. The van der Waals surface area contributed by atoms with Gasteiger partial charge in [0, 0.05) is 33.3 Å². The van der Waals surface area contributed by atoms with Gasteiger partial charge in [-0.25, -0.2) is 0 Å². The Bertz CT molecular complexity index is 2020. The SMILES string of the molecule is c1ccc2c(c1)-c1ccccc1C21c2ccccc2-c2cc3c4ccncc4sc3c3cccc1c23. The molecule has 1 nitrogen and oxygen atoms in total. The number of thiophene rings is 1. The van der Waals surface area contributed by atoms with E-state index >= 15 is 0 Å². The summed E-state index contributed by atoms with van der Waals surface area (Å²) in [5, 5.41) is 5.35. The van der Waals surface area contributed by atoms with Crippen LogP contribution in [0.1, 0.15) is 22.3 Å². The second-order valence-corrected chi connectivity index (χ2v) is 10.9. The highest BCUT2D eigenvalue weighted by Gasteiger charge is 2.49. The van der Waals surface area contributed by atoms with Crippen molar-refractivity contribution >= 4 is 42.3 Å². The molecule has 36 heavy (non-hydrogen) atoms. The zero-order valence-electron chi connectivity index (χ0n) is 19.3. The van der Waals surface area contributed by atoms with Crippen LogP contribution >= 0.6 is 11.3 Å². The van der Waals surface area contributed by atoms with E-state index in [1.54, 1.807) is 0 Å². The van der Waals surface area contributed by atoms with E-state index in [0.717, 1.165) is 0 Å². The lowest BCUT2D eigenvalue weighted by Crippen LogP contribution is -2.31. The van der Waals surface area contributed by atoms with Crippen LogP contribution in [0.4, 0.5) is 0 Å². The first-order valence-corrected chi connectivity index (χ1v) is 13.2. The van der Waals surface area contributed by atoms with E-state index in [-0.39, 0.29) is 5.41 Å². The van der Waals surface area contributed by atoms with Gasteiger partial charge in [-0.05, 0) is 62.0 Å². The van der Waals surface area contributed by atoms with Crippen molar-refractivity contribution in [1.82, 2.24) is 4.98 Å². The van der Waals surface area contributed by atoms with Gasteiger partial charge in [-0.2, -0.15) is 0 Å². The largest absolute Gasteiger partial charge is 0.263 e. The molecule has 2 aliphatic rings. The molecule has 7 aromatic rings. The smallest absolute Gasteiger partial charge is 0.0725 e. The average molecular weight is 474 g/mol. The molecular weight excluding hydrogens is 454 g/mol. The lowest BCUT2D eigenvalue weighted by Gasteiger charge is -2.40. The highest BCUT2D eigenvalue weighted by Crippen LogP contribution is 2.62. The Balaban J connectivity index is 1.57. The number of rotatable bonds is 0. The number of aromatic nitrogens is 1. The molecule has 0 bridgehead atoms. The number of pyridine rings is 1. The van der Waals surface area contributed by atoms with Gasteiger partial charge in [0.2, 0.25) is 0 Å². The van der Waals surface area contributed by atoms with Crippen LogP contribution in [0.3, 0.4) is 0 Å². The standard InChI is InChI=1S/C34H19NS/c1-4-12-27-20(8-1)21-9-2-5-13-28(21)34(27)29-14-6-3-10-22(29)25-18-26-23-16-17-35-19-31(23)36-33(26)24-11-7-15-30(34)32(24)25/h1-19H. The van der Waals surface area contributed by atoms with Crippen molar-refractivity contribution in [2.45, 2.75) is 5.41 Å². The Hall–Kier alpha value is -4.27. The molecular formula is C34H19NS. The van der Waals surface area contributed by atoms with Crippen LogP contribution in [0.5, 0.6) is 0 Å². The molecule has 0 unspecified atom stereocenters. The van der Waals surface area contributed by atoms with Gasteiger partial charge in [0.25, 0.3) is 0 Å². The van der Waals surface area contributed by atoms with Crippen molar-refractivity contribution in [3.8, 4) is 22.3 Å². The maximum atomic E-state index is 4.41. The van der Waals surface area contributed by atoms with E-state index in [2.05, 4.69) is 108 Å². The maximum absolute atomic E-state index is 4.41. The highest BCUT2D eigenvalue weighted by molar-refractivity contribution is 7.26. The molecule has 2 heterocycles. The molecule has 166 valence electrons. The molecule has 5 aromatic carbocycles. The number of fused-ring (bicyclic) bond motifs is 13. The van der Waals surface area contributed by atoms with Crippen molar-refractivity contribution in [1.29, 1.82) is 0 Å². The van der Waals surface area contributed by atoms with Gasteiger partial charge in [0.05, 0.1) is 10.1 Å². The fraction of sp³-hybridized carbons (Fsp3) is 0.0294. The van der Waals surface area contributed by atoms with Crippen LogP contribution in [0.15, 0.2) is 116 Å². The minimum atomic E-state index is -0.331. The van der Waals surface area contributed by atoms with Gasteiger partial charge < -0.3 is 0 Å². The van der Waals surface area contributed by atoms with E-state index in [0.29, 0.717) is 0 Å². The van der Waals surface area contributed by atoms with Gasteiger partial charge in [-0.15, -0.1) is 11.3 Å². The van der Waals surface area contributed by atoms with E-state index in [1.807, 2.05) is 23.7 Å². The fourth-order valence-corrected chi connectivity index (χ4v) is 8.27. The molecule has 0 saturated heterocycles. The number of hydrogen-bond donors (Lipinski definition) is 0. The summed E-state index contributed by atoms with van der Waals surface area (Å²) >= 11 is 1.86. The maximum Gasteiger partial charge on any atom is 0.0725 e. The van der Waals surface area contributed by atoms with Crippen LogP contribution in [0, 0.1) is 0 Å². The van der Waals surface area contributed by atoms with E-state index in [9.17, 15) is 0 Å². The normalized spacial score (nSPS) is 14.3. The van der Waals surface area contributed by atoms with Crippen LogP contribution in [-0.4, -0.2) is 4.98 Å². The van der Waals surface area contributed by atoms with Crippen molar-refractivity contribution < 1.29 is 0 Å². The minimum absolute atomic E-state index is 0.331. The number of hydrogen-bond acceptors (Lipinski definition) is 2. The molecule has 9 rings (SSSR count). The first-order chi connectivity index (χ1) is 17.9. The summed E-state index contributed by atoms with van der Waals surface area (Å²) in [6, 6.07) is 38.7. The zero-order chi connectivity index (χ0) is 23.4. The molecule has 0 radical (unpaired) electrons. The molecule has 1 spiro atoms. The monoisotopic (exact) mass is 473 g/mol. The van der Waals surface area contributed by atoms with E-state index < -0.39 is 0 Å². The summed E-state index contributed by atoms with van der Waals surface area (Å²) in [5.74, 6) is 0. The number of benzene rings is 5. The molecule has 0 N–H and O–H groups in total. The van der Waals surface area contributed by atoms with Crippen molar-refractivity contribution in [3.05, 3.63) is 138 Å². The van der Waals surface area contributed by atoms with Gasteiger partial charge in [-0.1, -0.05) is 91.0 Å². The van der Waals surface area contributed by atoms with Crippen molar-refractivity contribution in [3.63, 3.8) is 0 Å². The van der Waals surface area contributed by atoms with Crippen molar-refractivity contribution in [2.24, 2.45) is 0 Å². The third-order valence-corrected chi connectivity index (χ3v) is 9.57. The molecule has 0 amide bonds. The molecule has 0 saturated carbocycles. The average Bonchev–Trinajstić information content (AvgIpc) is 3.46. The van der Waals surface area contributed by atoms with Crippen LogP contribution in [-0.2, 0) is 5.41 Å². The van der Waals surface area contributed by atoms with Gasteiger partial charge >= 0.3 is 0 Å². The third-order valence-electron chi connectivity index (χ3n) is 8.38. The van der Waals surface area contributed by atoms with Crippen LogP contribution in [0.25, 0.3) is 53.2 Å². The Labute approximate surface area is 212 Å². The molecule has 0 atom stereocenters. The Morgan fingerprint density at radius 2 is 1.14 bits per heavy atom. The lowest BCUT2D eigenvalue weighted by molar-refractivity contribution is 0.773. The first-order valence-electron chi connectivity index (χ1n) is 12.4. The predicted molar refractivity (Wildman–Crippen MR) is 151 cm³/mol. The predicted octanol–water partition coefficient (Wildman–Crippen LogP) is 8.95. The summed E-state index contributed by atoms with van der Waals surface area (Å²) < 4.78 is 2.60. The van der Waals surface area contributed by atoms with Gasteiger partial charge in [0.15, 0.2) is 0 Å². The van der Waals surface area contributed by atoms with Gasteiger partial charge in [0.1, 0.15) is 0 Å². The molecule has 0 aliphatic heterocycles. The lowest BCUT2D eigenvalue weighted by atomic mass is 9.61. The third kappa shape index (κ3) is 2.04. The fourth-order valence-electron chi connectivity index (χ4n) is 7.09. The number of nitrogens with zero attached hydrogens (tertiary/aromatic N) is 1. The summed E-state index contributed by atoms with van der Waals surface area (Å²) in [6.07, 6.45) is 3.92. The second kappa shape index (κ2) is 6.48. The quantitative estimate of drug-likeness (QED) is 0.214. The summed E-state index contributed by atoms with van der Waals surface area (Å²) in [6.45, 7) is 0. The Morgan fingerprint density at radius 3 is 1.83 bits per heavy atom. The Morgan fingerprint density at radius 1 is 0.528 bits per heavy atom.